The number of hydrogen-bond acceptors (Lipinski definition) is 4. The van der Waals surface area contributed by atoms with Crippen LogP contribution in [0.3, 0.4) is 0 Å². The number of fused-ring (bicyclic) bond motifs is 1. The van der Waals surface area contributed by atoms with E-state index < -0.39 is 6.04 Å². The van der Waals surface area contributed by atoms with Crippen molar-refractivity contribution in [2.45, 2.75) is 12.6 Å². The molecule has 0 aliphatic heterocycles. The van der Waals surface area contributed by atoms with E-state index in [9.17, 15) is 4.79 Å². The van der Waals surface area contributed by atoms with Gasteiger partial charge in [-0.2, -0.15) is 0 Å². The summed E-state index contributed by atoms with van der Waals surface area (Å²) < 4.78 is 6.80. The molecule has 19 heavy (non-hydrogen) atoms. The Balaban J connectivity index is 2.06. The predicted molar refractivity (Wildman–Crippen MR) is 72.4 cm³/mol. The molecule has 1 atom stereocenters. The summed E-state index contributed by atoms with van der Waals surface area (Å²) in [7, 11) is 3.44. The Morgan fingerprint density at radius 3 is 2.95 bits per heavy atom. The van der Waals surface area contributed by atoms with Gasteiger partial charge in [0, 0.05) is 14.2 Å². The van der Waals surface area contributed by atoms with Crippen molar-refractivity contribution in [2.24, 2.45) is 12.8 Å². The molecule has 0 saturated heterocycles. The van der Waals surface area contributed by atoms with Crippen molar-refractivity contribution in [2.75, 3.05) is 13.7 Å². The smallest absolute Gasteiger partial charge is 0.239 e. The third kappa shape index (κ3) is 2.91. The van der Waals surface area contributed by atoms with Crippen molar-refractivity contribution < 1.29 is 9.53 Å². The predicted octanol–water partition coefficient (Wildman–Crippen LogP) is 0.163. The van der Waals surface area contributed by atoms with Crippen molar-refractivity contribution in [3.63, 3.8) is 0 Å². The molecule has 1 aromatic heterocycles. The molecule has 2 rings (SSSR count). The molecule has 102 valence electrons. The highest BCUT2D eigenvalue weighted by Crippen LogP contribution is 2.13. The van der Waals surface area contributed by atoms with Gasteiger partial charge in [-0.05, 0) is 12.1 Å². The summed E-state index contributed by atoms with van der Waals surface area (Å²) in [5.41, 5.74) is 7.59. The zero-order valence-electron chi connectivity index (χ0n) is 11.1. The van der Waals surface area contributed by atoms with Crippen LogP contribution in [-0.4, -0.2) is 35.2 Å². The monoisotopic (exact) mass is 262 g/mol. The van der Waals surface area contributed by atoms with Crippen LogP contribution in [0.2, 0.25) is 0 Å². The summed E-state index contributed by atoms with van der Waals surface area (Å²) in [4.78, 5) is 16.1. The van der Waals surface area contributed by atoms with Gasteiger partial charge in [-0.3, -0.25) is 4.79 Å². The Morgan fingerprint density at radius 1 is 1.53 bits per heavy atom. The Labute approximate surface area is 111 Å². The molecule has 1 heterocycles. The molecule has 6 nitrogen and oxygen atoms in total. The largest absolute Gasteiger partial charge is 0.383 e. The van der Waals surface area contributed by atoms with Gasteiger partial charge in [-0.25, -0.2) is 4.98 Å². The molecular weight excluding hydrogens is 244 g/mol. The molecule has 0 aliphatic carbocycles. The standard InChI is InChI=1S/C13H18N4O2/c1-17-11-6-4-3-5-10(11)16-12(17)7-15-13(18)9(14)8-19-2/h3-6,9H,7-8,14H2,1-2H3,(H,15,18). The second-order valence-electron chi connectivity index (χ2n) is 4.36. The van der Waals surface area contributed by atoms with Gasteiger partial charge in [0.2, 0.25) is 5.91 Å². The number of benzene rings is 1. The SMILES string of the molecule is COCC(N)C(=O)NCc1nc2ccccc2n1C. The Kier molecular flexibility index (Phi) is 4.13. The van der Waals surface area contributed by atoms with Crippen molar-refractivity contribution in [1.82, 2.24) is 14.9 Å². The Bertz CT molecular complexity index is 579. The van der Waals surface area contributed by atoms with E-state index in [2.05, 4.69) is 10.3 Å². The first kappa shape index (κ1) is 13.5. The maximum atomic E-state index is 11.7. The van der Waals surface area contributed by atoms with E-state index in [-0.39, 0.29) is 12.5 Å². The third-order valence-electron chi connectivity index (χ3n) is 2.98. The number of rotatable bonds is 5. The first-order valence-electron chi connectivity index (χ1n) is 6.06. The van der Waals surface area contributed by atoms with E-state index in [4.69, 9.17) is 10.5 Å². The normalized spacial score (nSPS) is 12.6. The summed E-state index contributed by atoms with van der Waals surface area (Å²) in [6.45, 7) is 0.551. The van der Waals surface area contributed by atoms with Crippen molar-refractivity contribution in [3.05, 3.63) is 30.1 Å². The third-order valence-corrected chi connectivity index (χ3v) is 2.98. The number of methoxy groups -OCH3 is 1. The minimum Gasteiger partial charge on any atom is -0.383 e. The van der Waals surface area contributed by atoms with E-state index in [1.807, 2.05) is 35.9 Å². The van der Waals surface area contributed by atoms with Crippen LogP contribution in [0.4, 0.5) is 0 Å². The number of carbonyl (C=O) groups excluding carboxylic acids is 1. The van der Waals surface area contributed by atoms with Gasteiger partial charge in [-0.15, -0.1) is 0 Å². The van der Waals surface area contributed by atoms with Crippen LogP contribution < -0.4 is 11.1 Å². The Hall–Kier alpha value is -1.92. The van der Waals surface area contributed by atoms with Crippen LogP contribution >= 0.6 is 0 Å². The zero-order valence-corrected chi connectivity index (χ0v) is 11.1. The van der Waals surface area contributed by atoms with Crippen LogP contribution in [0.1, 0.15) is 5.82 Å². The molecule has 0 saturated carbocycles. The number of amides is 1. The number of aryl methyl sites for hydroxylation is 1. The molecular formula is C13H18N4O2. The average Bonchev–Trinajstić information content (AvgIpc) is 2.73. The number of ether oxygens (including phenoxy) is 1. The fraction of sp³-hybridized carbons (Fsp3) is 0.385. The second-order valence-corrected chi connectivity index (χ2v) is 4.36. The maximum absolute atomic E-state index is 11.7. The van der Waals surface area contributed by atoms with Crippen LogP contribution in [0.15, 0.2) is 24.3 Å². The lowest BCUT2D eigenvalue weighted by molar-refractivity contribution is -0.123. The van der Waals surface area contributed by atoms with Crippen LogP contribution in [-0.2, 0) is 23.1 Å². The summed E-state index contributed by atoms with van der Waals surface area (Å²) in [5.74, 6) is 0.549. The molecule has 3 N–H and O–H groups in total. The molecule has 1 unspecified atom stereocenters. The van der Waals surface area contributed by atoms with Crippen LogP contribution in [0.5, 0.6) is 0 Å². The highest BCUT2D eigenvalue weighted by atomic mass is 16.5. The minimum absolute atomic E-state index is 0.203. The zero-order chi connectivity index (χ0) is 13.8. The number of para-hydroxylation sites is 2. The van der Waals surface area contributed by atoms with Gasteiger partial charge in [0.25, 0.3) is 0 Å². The second kappa shape index (κ2) is 5.81. The topological polar surface area (TPSA) is 82.2 Å². The lowest BCUT2D eigenvalue weighted by Crippen LogP contribution is -2.43. The summed E-state index contributed by atoms with van der Waals surface area (Å²) in [6.07, 6.45) is 0. The number of nitrogens with two attached hydrogens (primary N) is 1. The van der Waals surface area contributed by atoms with E-state index in [1.54, 1.807) is 0 Å². The molecule has 2 aromatic rings. The average molecular weight is 262 g/mol. The van der Waals surface area contributed by atoms with Crippen LogP contribution in [0.25, 0.3) is 11.0 Å². The molecule has 0 fully saturated rings. The quantitative estimate of drug-likeness (QED) is 0.804. The summed E-state index contributed by atoms with van der Waals surface area (Å²) >= 11 is 0. The number of aromatic nitrogens is 2. The van der Waals surface area contributed by atoms with Gasteiger partial charge in [0.1, 0.15) is 11.9 Å². The number of nitrogens with zero attached hydrogens (tertiary/aromatic N) is 2. The van der Waals surface area contributed by atoms with Gasteiger partial charge >= 0.3 is 0 Å². The highest BCUT2D eigenvalue weighted by Gasteiger charge is 2.14. The van der Waals surface area contributed by atoms with Crippen molar-refractivity contribution in [3.8, 4) is 0 Å². The van der Waals surface area contributed by atoms with Crippen molar-refractivity contribution in [1.29, 1.82) is 0 Å². The molecule has 0 bridgehead atoms. The lowest BCUT2D eigenvalue weighted by atomic mass is 10.3. The lowest BCUT2D eigenvalue weighted by Gasteiger charge is -2.11. The maximum Gasteiger partial charge on any atom is 0.239 e. The molecule has 6 heteroatoms. The number of carbonyl (C=O) groups is 1. The van der Waals surface area contributed by atoms with E-state index >= 15 is 0 Å². The fourth-order valence-electron chi connectivity index (χ4n) is 1.91. The van der Waals surface area contributed by atoms with Gasteiger partial charge in [0.15, 0.2) is 0 Å². The molecule has 1 amide bonds. The first-order chi connectivity index (χ1) is 9.13. The molecule has 0 spiro atoms. The summed E-state index contributed by atoms with van der Waals surface area (Å²) in [6, 6.07) is 7.18. The van der Waals surface area contributed by atoms with E-state index in [0.717, 1.165) is 16.9 Å². The van der Waals surface area contributed by atoms with Gasteiger partial charge in [-0.1, -0.05) is 12.1 Å². The van der Waals surface area contributed by atoms with E-state index in [1.165, 1.54) is 7.11 Å². The fourth-order valence-corrected chi connectivity index (χ4v) is 1.91. The van der Waals surface area contributed by atoms with E-state index in [0.29, 0.717) is 6.54 Å². The highest BCUT2D eigenvalue weighted by molar-refractivity contribution is 5.81. The van der Waals surface area contributed by atoms with Crippen molar-refractivity contribution >= 4 is 16.9 Å². The molecule has 0 aliphatic rings. The first-order valence-corrected chi connectivity index (χ1v) is 6.06. The molecule has 1 aromatic carbocycles. The number of nitrogens with one attached hydrogen (secondary N) is 1. The van der Waals surface area contributed by atoms with Gasteiger partial charge < -0.3 is 20.4 Å². The molecule has 0 radical (unpaired) electrons. The number of hydrogen-bond donors (Lipinski definition) is 2. The minimum atomic E-state index is -0.653. The van der Waals surface area contributed by atoms with Crippen LogP contribution in [0, 0.1) is 0 Å². The number of imidazole rings is 1. The Morgan fingerprint density at radius 2 is 2.26 bits per heavy atom. The summed E-state index contributed by atoms with van der Waals surface area (Å²) in [5, 5.41) is 2.76. The van der Waals surface area contributed by atoms with Gasteiger partial charge in [0.05, 0.1) is 24.2 Å².